The van der Waals surface area contributed by atoms with Crippen LogP contribution in [0.25, 0.3) is 11.1 Å². The summed E-state index contributed by atoms with van der Waals surface area (Å²) in [5.74, 6) is -1.74. The van der Waals surface area contributed by atoms with Gasteiger partial charge in [0.1, 0.15) is 19.7 Å². The fourth-order valence-corrected chi connectivity index (χ4v) is 3.48. The standard InChI is InChI=1S/C22H22N2O5/c1-2-11-24(13-21(26)27)20(25)12-23-22(28)29-14-19-17-9-5-3-7-15(17)16-8-4-6-10-18(16)19/h2-10,19H,1,11-14H2,(H,23,28)(H,26,27). The zero-order valence-corrected chi connectivity index (χ0v) is 15.8. The highest BCUT2D eigenvalue weighted by molar-refractivity contribution is 5.85. The highest BCUT2D eigenvalue weighted by atomic mass is 16.5. The van der Waals surface area contributed by atoms with E-state index in [1.165, 1.54) is 6.08 Å². The zero-order valence-electron chi connectivity index (χ0n) is 15.8. The topological polar surface area (TPSA) is 95.9 Å². The number of rotatable bonds is 8. The number of nitrogens with one attached hydrogen (secondary N) is 1. The van der Waals surface area contributed by atoms with E-state index >= 15 is 0 Å². The Morgan fingerprint density at radius 1 is 1.07 bits per heavy atom. The molecule has 1 aliphatic rings. The van der Waals surface area contributed by atoms with Gasteiger partial charge in [-0.1, -0.05) is 54.6 Å². The number of ether oxygens (including phenoxy) is 1. The van der Waals surface area contributed by atoms with Gasteiger partial charge in [-0.3, -0.25) is 9.59 Å². The van der Waals surface area contributed by atoms with Crippen molar-refractivity contribution in [1.29, 1.82) is 0 Å². The van der Waals surface area contributed by atoms with E-state index in [0.29, 0.717) is 0 Å². The Bertz CT molecular complexity index is 895. The van der Waals surface area contributed by atoms with Gasteiger partial charge in [0.05, 0.1) is 0 Å². The van der Waals surface area contributed by atoms with Gasteiger partial charge in [-0.2, -0.15) is 0 Å². The van der Waals surface area contributed by atoms with Gasteiger partial charge in [0.2, 0.25) is 5.91 Å². The van der Waals surface area contributed by atoms with Crippen LogP contribution in [0, 0.1) is 0 Å². The number of amides is 2. The highest BCUT2D eigenvalue weighted by Crippen LogP contribution is 2.44. The summed E-state index contributed by atoms with van der Waals surface area (Å²) in [6, 6.07) is 16.0. The number of benzene rings is 2. The first-order valence-corrected chi connectivity index (χ1v) is 9.20. The molecule has 0 aromatic heterocycles. The summed E-state index contributed by atoms with van der Waals surface area (Å²) in [5, 5.41) is 11.2. The molecule has 2 N–H and O–H groups in total. The number of alkyl carbamates (subject to hydrolysis) is 1. The summed E-state index contributed by atoms with van der Waals surface area (Å²) in [6.07, 6.45) is 0.697. The lowest BCUT2D eigenvalue weighted by Crippen LogP contribution is -2.42. The molecule has 0 heterocycles. The van der Waals surface area contributed by atoms with E-state index in [4.69, 9.17) is 9.84 Å². The van der Waals surface area contributed by atoms with Gasteiger partial charge < -0.3 is 20.1 Å². The maximum absolute atomic E-state index is 12.1. The van der Waals surface area contributed by atoms with Gasteiger partial charge in [0, 0.05) is 12.5 Å². The molecule has 0 unspecified atom stereocenters. The second kappa shape index (κ2) is 9.05. The third kappa shape index (κ3) is 4.63. The average molecular weight is 394 g/mol. The minimum absolute atomic E-state index is 0.0758. The molecule has 0 spiro atoms. The Morgan fingerprint density at radius 3 is 2.21 bits per heavy atom. The smallest absolute Gasteiger partial charge is 0.407 e. The van der Waals surface area contributed by atoms with Crippen molar-refractivity contribution in [3.05, 3.63) is 72.3 Å². The van der Waals surface area contributed by atoms with Crippen molar-refractivity contribution in [1.82, 2.24) is 10.2 Å². The Balaban J connectivity index is 1.58. The summed E-state index contributed by atoms with van der Waals surface area (Å²) in [7, 11) is 0. The van der Waals surface area contributed by atoms with E-state index in [2.05, 4.69) is 11.9 Å². The van der Waals surface area contributed by atoms with Gasteiger partial charge in [0.25, 0.3) is 0 Å². The van der Waals surface area contributed by atoms with Crippen LogP contribution in [0.2, 0.25) is 0 Å². The molecule has 3 rings (SSSR count). The summed E-state index contributed by atoms with van der Waals surface area (Å²) < 4.78 is 5.35. The fourth-order valence-electron chi connectivity index (χ4n) is 3.48. The van der Waals surface area contributed by atoms with Crippen molar-refractivity contribution in [2.45, 2.75) is 5.92 Å². The Labute approximate surface area is 168 Å². The van der Waals surface area contributed by atoms with Crippen LogP contribution in [0.3, 0.4) is 0 Å². The number of aliphatic carboxylic acids is 1. The summed E-state index contributed by atoms with van der Waals surface area (Å²) in [6.45, 7) is 2.91. The second-order valence-electron chi connectivity index (χ2n) is 6.64. The highest BCUT2D eigenvalue weighted by Gasteiger charge is 2.29. The van der Waals surface area contributed by atoms with Crippen LogP contribution in [0.4, 0.5) is 4.79 Å². The number of nitrogens with zero attached hydrogens (tertiary/aromatic N) is 1. The maximum Gasteiger partial charge on any atom is 0.407 e. The molecule has 29 heavy (non-hydrogen) atoms. The molecule has 0 saturated heterocycles. The molecule has 2 aromatic rings. The first kappa shape index (κ1) is 20.1. The normalized spacial score (nSPS) is 11.9. The van der Waals surface area contributed by atoms with E-state index in [1.54, 1.807) is 0 Å². The molecule has 0 bridgehead atoms. The molecule has 2 aromatic carbocycles. The Morgan fingerprint density at radius 2 is 1.66 bits per heavy atom. The lowest BCUT2D eigenvalue weighted by Gasteiger charge is -2.19. The minimum Gasteiger partial charge on any atom is -0.480 e. The van der Waals surface area contributed by atoms with Gasteiger partial charge in [0.15, 0.2) is 0 Å². The fraction of sp³-hybridized carbons (Fsp3) is 0.227. The van der Waals surface area contributed by atoms with Crippen LogP contribution >= 0.6 is 0 Å². The number of carbonyl (C=O) groups is 3. The average Bonchev–Trinajstić information content (AvgIpc) is 3.04. The first-order valence-electron chi connectivity index (χ1n) is 9.20. The van der Waals surface area contributed by atoms with Crippen molar-refractivity contribution < 1.29 is 24.2 Å². The Hall–Kier alpha value is -3.61. The summed E-state index contributed by atoms with van der Waals surface area (Å²) in [4.78, 5) is 36.1. The third-order valence-corrected chi connectivity index (χ3v) is 4.76. The van der Waals surface area contributed by atoms with Crippen LogP contribution in [-0.4, -0.2) is 54.2 Å². The number of carboxylic acid groups (broad SMARTS) is 1. The van der Waals surface area contributed by atoms with Crippen LogP contribution in [0.15, 0.2) is 61.2 Å². The molecule has 1 aliphatic carbocycles. The monoisotopic (exact) mass is 394 g/mol. The van der Waals surface area contributed by atoms with Crippen LogP contribution in [0.1, 0.15) is 17.0 Å². The van der Waals surface area contributed by atoms with Crippen molar-refractivity contribution in [3.8, 4) is 11.1 Å². The quantitative estimate of drug-likeness (QED) is 0.671. The van der Waals surface area contributed by atoms with Crippen LogP contribution in [-0.2, 0) is 14.3 Å². The number of carbonyl (C=O) groups excluding carboxylic acids is 2. The molecule has 0 fully saturated rings. The van der Waals surface area contributed by atoms with Crippen LogP contribution in [0.5, 0.6) is 0 Å². The van der Waals surface area contributed by atoms with Gasteiger partial charge in [-0.05, 0) is 22.3 Å². The van der Waals surface area contributed by atoms with Crippen molar-refractivity contribution in [3.63, 3.8) is 0 Å². The maximum atomic E-state index is 12.1. The number of carboxylic acids is 1. The molecule has 0 saturated carbocycles. The lowest BCUT2D eigenvalue weighted by atomic mass is 9.98. The van der Waals surface area contributed by atoms with Crippen molar-refractivity contribution >= 4 is 18.0 Å². The molecule has 0 radical (unpaired) electrons. The summed E-state index contributed by atoms with van der Waals surface area (Å²) >= 11 is 0. The van der Waals surface area contributed by atoms with E-state index in [1.807, 2.05) is 48.5 Å². The predicted molar refractivity (Wildman–Crippen MR) is 107 cm³/mol. The molecule has 2 amide bonds. The largest absolute Gasteiger partial charge is 0.480 e. The molecule has 0 atom stereocenters. The SMILES string of the molecule is C=CCN(CC(=O)O)C(=O)CNC(=O)OCC1c2ccccc2-c2ccccc21. The lowest BCUT2D eigenvalue weighted by molar-refractivity contribution is -0.143. The molecule has 0 aliphatic heterocycles. The van der Waals surface area contributed by atoms with E-state index in [0.717, 1.165) is 27.2 Å². The van der Waals surface area contributed by atoms with Gasteiger partial charge in [-0.25, -0.2) is 4.79 Å². The molecule has 7 nitrogen and oxygen atoms in total. The summed E-state index contributed by atoms with van der Waals surface area (Å²) in [5.41, 5.74) is 4.44. The van der Waals surface area contributed by atoms with Crippen LogP contribution < -0.4 is 5.32 Å². The van der Waals surface area contributed by atoms with Crippen molar-refractivity contribution in [2.24, 2.45) is 0 Å². The van der Waals surface area contributed by atoms with E-state index in [9.17, 15) is 14.4 Å². The number of hydrogen-bond donors (Lipinski definition) is 2. The number of fused-ring (bicyclic) bond motifs is 3. The van der Waals surface area contributed by atoms with Gasteiger partial charge in [-0.15, -0.1) is 6.58 Å². The zero-order chi connectivity index (χ0) is 20.8. The van der Waals surface area contributed by atoms with E-state index < -0.39 is 24.5 Å². The Kier molecular flexibility index (Phi) is 6.29. The predicted octanol–water partition coefficient (Wildman–Crippen LogP) is 2.62. The first-order chi connectivity index (χ1) is 14.0. The van der Waals surface area contributed by atoms with Gasteiger partial charge >= 0.3 is 12.1 Å². The molecular formula is C22H22N2O5. The van der Waals surface area contributed by atoms with E-state index in [-0.39, 0.29) is 25.6 Å². The third-order valence-electron chi connectivity index (χ3n) is 4.76. The molecule has 7 heteroatoms. The minimum atomic E-state index is -1.14. The number of hydrogen-bond acceptors (Lipinski definition) is 4. The second-order valence-corrected chi connectivity index (χ2v) is 6.64. The molecule has 150 valence electrons. The molecular weight excluding hydrogens is 372 g/mol. The van der Waals surface area contributed by atoms with Crippen molar-refractivity contribution in [2.75, 3.05) is 26.2 Å².